The summed E-state index contributed by atoms with van der Waals surface area (Å²) in [5.41, 5.74) is 11.0. The van der Waals surface area contributed by atoms with Crippen LogP contribution in [0.5, 0.6) is 0 Å². The Hall–Kier alpha value is -3.80. The van der Waals surface area contributed by atoms with E-state index in [0.717, 1.165) is 65.3 Å². The molecule has 4 rings (SSSR count). The summed E-state index contributed by atoms with van der Waals surface area (Å²) in [7, 11) is 0. The number of alkyl halides is 3. The van der Waals surface area contributed by atoms with Crippen LogP contribution in [-0.2, 0) is 0 Å². The predicted octanol–water partition coefficient (Wildman–Crippen LogP) is 7.43. The molecule has 0 saturated carbocycles. The maximum atomic E-state index is 12.7. The van der Waals surface area contributed by atoms with Gasteiger partial charge in [0.2, 0.25) is 5.71 Å². The molecule has 3 aromatic carbocycles. The molecule has 0 atom stereocenters. The second-order valence-electron chi connectivity index (χ2n) is 10.6. The monoisotopic (exact) mass is 574 g/mol. The van der Waals surface area contributed by atoms with Crippen molar-refractivity contribution in [1.82, 2.24) is 0 Å². The van der Waals surface area contributed by atoms with Gasteiger partial charge in [-0.15, -0.1) is 0 Å². The van der Waals surface area contributed by atoms with Gasteiger partial charge in [-0.3, -0.25) is 0 Å². The molecule has 0 unspecified atom stereocenters. The van der Waals surface area contributed by atoms with E-state index in [9.17, 15) is 13.2 Å². The molecule has 1 aliphatic rings. The molecule has 6 heteroatoms. The van der Waals surface area contributed by atoms with Crippen LogP contribution in [0.15, 0.2) is 78.9 Å². The first-order valence-corrected chi connectivity index (χ1v) is 15.1. The van der Waals surface area contributed by atoms with E-state index >= 15 is 0 Å². The van der Waals surface area contributed by atoms with E-state index in [1.807, 2.05) is 24.3 Å². The first kappa shape index (κ1) is 31.1. The summed E-state index contributed by atoms with van der Waals surface area (Å²) in [5.74, 6) is 0. The number of hydrogen-bond donors (Lipinski definition) is 1. The van der Waals surface area contributed by atoms with Gasteiger partial charge in [0.05, 0.1) is 5.56 Å². The van der Waals surface area contributed by atoms with E-state index in [1.54, 1.807) is 0 Å². The molecular formula is C36H43F3N3+. The Morgan fingerprint density at radius 3 is 1.93 bits per heavy atom. The number of nitrogens with one attached hydrogen (secondary N) is 1. The van der Waals surface area contributed by atoms with Gasteiger partial charge in [-0.1, -0.05) is 36.4 Å². The van der Waals surface area contributed by atoms with E-state index in [1.165, 1.54) is 16.9 Å². The molecule has 0 bridgehead atoms. The van der Waals surface area contributed by atoms with Crippen molar-refractivity contribution in [1.29, 1.82) is 0 Å². The second kappa shape index (κ2) is 13.9. The predicted molar refractivity (Wildman–Crippen MR) is 171 cm³/mol. The third-order valence-corrected chi connectivity index (χ3v) is 8.04. The molecule has 0 spiro atoms. The minimum Gasteiger partial charge on any atom is -0.372 e. The molecular weight excluding hydrogens is 531 g/mol. The van der Waals surface area contributed by atoms with Crippen LogP contribution in [0.2, 0.25) is 0 Å². The maximum absolute atomic E-state index is 12.7. The molecule has 0 saturated heterocycles. The molecule has 1 aliphatic carbocycles. The van der Waals surface area contributed by atoms with Crippen molar-refractivity contribution >= 4 is 28.2 Å². The van der Waals surface area contributed by atoms with Crippen molar-refractivity contribution in [3.63, 3.8) is 0 Å². The minimum atomic E-state index is -4.14. The number of anilines is 2. The summed E-state index contributed by atoms with van der Waals surface area (Å²) in [6, 6.07) is 23.7. The molecule has 0 aromatic heterocycles. The third kappa shape index (κ3) is 7.15. The molecule has 0 heterocycles. The Balaban J connectivity index is 1.87. The SMILES string of the molecule is CCN(CC)c1ccc(C(=C2C=CC(=[NH+]CCCC(F)(F)F)c3ccccc32)c2ccc(N(CC)CC)cc2C)cc1. The van der Waals surface area contributed by atoms with Gasteiger partial charge in [-0.25, -0.2) is 4.99 Å². The molecule has 3 nitrogen and oxygen atoms in total. The van der Waals surface area contributed by atoms with Crippen LogP contribution in [0.25, 0.3) is 11.1 Å². The highest BCUT2D eigenvalue weighted by atomic mass is 19.4. The zero-order valence-electron chi connectivity index (χ0n) is 25.5. The fourth-order valence-electron chi connectivity index (χ4n) is 5.78. The van der Waals surface area contributed by atoms with Gasteiger partial charge >= 0.3 is 6.18 Å². The lowest BCUT2D eigenvalue weighted by atomic mass is 9.82. The highest BCUT2D eigenvalue weighted by molar-refractivity contribution is 6.17. The van der Waals surface area contributed by atoms with Crippen LogP contribution in [0.4, 0.5) is 24.5 Å². The zero-order valence-corrected chi connectivity index (χ0v) is 25.5. The number of rotatable bonds is 11. The van der Waals surface area contributed by atoms with E-state index in [4.69, 9.17) is 0 Å². The molecule has 1 N–H and O–H groups in total. The van der Waals surface area contributed by atoms with Gasteiger partial charge in [0, 0.05) is 56.5 Å². The lowest BCUT2D eigenvalue weighted by Gasteiger charge is -2.25. The van der Waals surface area contributed by atoms with Crippen molar-refractivity contribution in [2.75, 3.05) is 42.5 Å². The lowest BCUT2D eigenvalue weighted by molar-refractivity contribution is -0.457. The minimum absolute atomic E-state index is 0.0356. The number of hydrogen-bond acceptors (Lipinski definition) is 2. The summed E-state index contributed by atoms with van der Waals surface area (Å²) < 4.78 is 38.1. The Bertz CT molecular complexity index is 1440. The quantitative estimate of drug-likeness (QED) is 0.241. The molecule has 0 amide bonds. The molecule has 222 valence electrons. The average molecular weight is 575 g/mol. The number of allylic oxidation sites excluding steroid dienone is 3. The van der Waals surface area contributed by atoms with Crippen molar-refractivity contribution < 1.29 is 18.2 Å². The van der Waals surface area contributed by atoms with Crippen LogP contribution in [0.3, 0.4) is 0 Å². The molecule has 3 aromatic rings. The number of aryl methyl sites for hydroxylation is 1. The van der Waals surface area contributed by atoms with E-state index < -0.39 is 12.6 Å². The fraction of sp³-hybridized carbons (Fsp3) is 0.361. The van der Waals surface area contributed by atoms with Gasteiger partial charge < -0.3 is 9.80 Å². The first-order valence-electron chi connectivity index (χ1n) is 15.1. The second-order valence-corrected chi connectivity index (χ2v) is 10.6. The van der Waals surface area contributed by atoms with Crippen molar-refractivity contribution in [2.45, 2.75) is 53.6 Å². The highest BCUT2D eigenvalue weighted by Gasteiger charge is 2.27. The van der Waals surface area contributed by atoms with E-state index in [0.29, 0.717) is 0 Å². The van der Waals surface area contributed by atoms with Crippen LogP contribution < -0.4 is 14.8 Å². The lowest BCUT2D eigenvalue weighted by Crippen LogP contribution is -2.73. The Kier molecular flexibility index (Phi) is 10.3. The van der Waals surface area contributed by atoms with Crippen molar-refractivity contribution in [3.8, 4) is 0 Å². The first-order chi connectivity index (χ1) is 20.2. The smallest absolute Gasteiger partial charge is 0.372 e. The largest absolute Gasteiger partial charge is 0.389 e. The average Bonchev–Trinajstić information content (AvgIpc) is 2.98. The van der Waals surface area contributed by atoms with Crippen LogP contribution in [-0.4, -0.2) is 44.6 Å². The molecule has 42 heavy (non-hydrogen) atoms. The summed E-state index contributed by atoms with van der Waals surface area (Å²) in [6.07, 6.45) is -0.778. The summed E-state index contributed by atoms with van der Waals surface area (Å²) in [4.78, 5) is 7.95. The molecule has 0 fully saturated rings. The maximum Gasteiger partial charge on any atom is 0.389 e. The fourth-order valence-corrected chi connectivity index (χ4v) is 5.78. The van der Waals surface area contributed by atoms with Crippen molar-refractivity contribution in [2.24, 2.45) is 0 Å². The summed E-state index contributed by atoms with van der Waals surface area (Å²) >= 11 is 0. The number of fused-ring (bicyclic) bond motifs is 1. The van der Waals surface area contributed by atoms with Gasteiger partial charge in [0.1, 0.15) is 6.54 Å². The number of nitrogens with zero attached hydrogens (tertiary/aromatic N) is 2. The van der Waals surface area contributed by atoms with E-state index in [-0.39, 0.29) is 13.0 Å². The Morgan fingerprint density at radius 2 is 1.33 bits per heavy atom. The highest BCUT2D eigenvalue weighted by Crippen LogP contribution is 2.39. The zero-order chi connectivity index (χ0) is 30.3. The third-order valence-electron chi connectivity index (χ3n) is 8.04. The van der Waals surface area contributed by atoms with Crippen molar-refractivity contribution in [3.05, 3.63) is 107 Å². The van der Waals surface area contributed by atoms with Gasteiger partial charge in [0.25, 0.3) is 0 Å². The topological polar surface area (TPSA) is 20.5 Å². The van der Waals surface area contributed by atoms with Crippen LogP contribution >= 0.6 is 0 Å². The van der Waals surface area contributed by atoms with Gasteiger partial charge in [0.15, 0.2) is 0 Å². The van der Waals surface area contributed by atoms with Gasteiger partial charge in [-0.05, 0) is 104 Å². The normalized spacial score (nSPS) is 15.1. The molecule has 0 aliphatic heterocycles. The number of benzene rings is 3. The summed E-state index contributed by atoms with van der Waals surface area (Å²) in [6.45, 7) is 14.9. The van der Waals surface area contributed by atoms with Crippen LogP contribution in [0, 0.1) is 6.92 Å². The molecule has 0 radical (unpaired) electrons. The van der Waals surface area contributed by atoms with E-state index in [2.05, 4.69) is 104 Å². The Labute approximate surface area is 249 Å². The van der Waals surface area contributed by atoms with Gasteiger partial charge in [-0.2, -0.15) is 13.2 Å². The Morgan fingerprint density at radius 1 is 0.738 bits per heavy atom. The number of halogens is 3. The standard InChI is InChI=1S/C36H42F3N3/c1-6-41(7-2)28-17-15-27(16-18-28)35(30-20-19-29(25-26(30)5)42(8-3)9-4)33-21-22-34(32-14-11-10-13-31(32)33)40-24-12-23-36(37,38)39/h10-11,13-22,25H,6-9,12,23-24H2,1-5H3/p+1. The van der Waals surface area contributed by atoms with Crippen LogP contribution in [0.1, 0.15) is 68.4 Å². The summed E-state index contributed by atoms with van der Waals surface area (Å²) in [5, 5.41) is 0.